The van der Waals surface area contributed by atoms with Crippen LogP contribution < -0.4 is 0 Å². The Kier molecular flexibility index (Phi) is 1.36. The molecule has 1 aliphatic heterocycles. The maximum atomic E-state index is 2.27. The molecule has 47 valence electrons. The van der Waals surface area contributed by atoms with Gasteiger partial charge in [0.05, 0.1) is 9.13 Å². The summed E-state index contributed by atoms with van der Waals surface area (Å²) in [6.45, 7) is 0. The van der Waals surface area contributed by atoms with Crippen LogP contribution in [0.3, 0.4) is 0 Å². The molecule has 0 aliphatic carbocycles. The Balaban J connectivity index is 2.65. The molecule has 0 unspecified atom stereocenters. The third-order valence-corrected chi connectivity index (χ3v) is 2.43. The third kappa shape index (κ3) is 0.887. The van der Waals surface area contributed by atoms with Crippen LogP contribution in [0.4, 0.5) is 0 Å². The van der Waals surface area contributed by atoms with E-state index in [-0.39, 0.29) is 0 Å². The van der Waals surface area contributed by atoms with Gasteiger partial charge in [-0.05, 0) is 11.1 Å². The van der Waals surface area contributed by atoms with Crippen molar-refractivity contribution in [2.75, 3.05) is 0 Å². The Morgan fingerprint density at radius 2 is 1.80 bits per heavy atom. The zero-order valence-corrected chi connectivity index (χ0v) is 6.54. The molecule has 1 heterocycles. The minimum Gasteiger partial charge on any atom is -0.0766 e. The minimum absolute atomic E-state index is 0.863. The molecule has 0 nitrogen and oxygen atoms in total. The molecule has 1 aromatic rings. The van der Waals surface area contributed by atoms with Crippen molar-refractivity contribution in [1.29, 1.82) is 0 Å². The second-order valence-electron chi connectivity index (χ2n) is 2.27. The van der Waals surface area contributed by atoms with Crippen LogP contribution in [-0.4, -0.2) is 14.8 Å². The molecule has 0 amide bonds. The van der Waals surface area contributed by atoms with Crippen LogP contribution in [0.15, 0.2) is 30.0 Å². The summed E-state index contributed by atoms with van der Waals surface area (Å²) in [6.07, 6.45) is 2.19. The Labute approximate surface area is 62.6 Å². The quantitative estimate of drug-likeness (QED) is 0.483. The lowest BCUT2D eigenvalue weighted by Gasteiger charge is -2.01. The van der Waals surface area contributed by atoms with Gasteiger partial charge in [-0.25, -0.2) is 0 Å². The van der Waals surface area contributed by atoms with E-state index in [0.29, 0.717) is 0 Å². The fourth-order valence-corrected chi connectivity index (χ4v) is 1.88. The first-order valence-electron chi connectivity index (χ1n) is 3.32. The van der Waals surface area contributed by atoms with Crippen molar-refractivity contribution in [2.45, 2.75) is 0 Å². The summed E-state index contributed by atoms with van der Waals surface area (Å²) in [6, 6.07) is 8.46. The molecular formula is C9H7Si. The van der Waals surface area contributed by atoms with Crippen LogP contribution in [0.5, 0.6) is 0 Å². The molecule has 2 rings (SSSR count). The monoisotopic (exact) mass is 143 g/mol. The summed E-state index contributed by atoms with van der Waals surface area (Å²) in [7, 11) is 0.863. The molecule has 0 N–H and O–H groups in total. The lowest BCUT2D eigenvalue weighted by Crippen LogP contribution is -1.93. The second-order valence-corrected chi connectivity index (χ2v) is 3.23. The van der Waals surface area contributed by atoms with Crippen molar-refractivity contribution < 1.29 is 0 Å². The number of hydrogen-bond acceptors (Lipinski definition) is 0. The first-order valence-corrected chi connectivity index (χ1v) is 4.47. The molecule has 0 bridgehead atoms. The van der Waals surface area contributed by atoms with Crippen LogP contribution in [0.25, 0.3) is 6.08 Å². The average molecular weight is 143 g/mol. The van der Waals surface area contributed by atoms with Crippen molar-refractivity contribution in [1.82, 2.24) is 0 Å². The molecule has 0 saturated carbocycles. The van der Waals surface area contributed by atoms with Crippen LogP contribution in [0, 0.1) is 0 Å². The van der Waals surface area contributed by atoms with E-state index in [2.05, 4.69) is 41.7 Å². The topological polar surface area (TPSA) is 0 Å². The second kappa shape index (κ2) is 2.35. The molecule has 1 aromatic carbocycles. The average Bonchev–Trinajstić information content (AvgIpc) is 2.05. The van der Waals surface area contributed by atoms with Crippen molar-refractivity contribution in [3.05, 3.63) is 41.1 Å². The molecule has 0 saturated heterocycles. The highest BCUT2D eigenvalue weighted by Gasteiger charge is 1.94. The summed E-state index contributed by atoms with van der Waals surface area (Å²) in [5.74, 6) is 0. The molecular weight excluding hydrogens is 136 g/mol. The summed E-state index contributed by atoms with van der Waals surface area (Å²) < 4.78 is 0. The maximum Gasteiger partial charge on any atom is 0.0512 e. The van der Waals surface area contributed by atoms with E-state index >= 15 is 0 Å². The van der Waals surface area contributed by atoms with E-state index in [1.54, 1.807) is 0 Å². The van der Waals surface area contributed by atoms with Crippen molar-refractivity contribution in [3.8, 4) is 0 Å². The normalized spacial score (nSPS) is 13.2. The SMILES string of the molecule is C1=Cc2ccccc2C=[Si]1. The molecule has 0 fully saturated rings. The van der Waals surface area contributed by atoms with Gasteiger partial charge in [-0.1, -0.05) is 41.7 Å². The molecule has 1 heteroatoms. The van der Waals surface area contributed by atoms with Gasteiger partial charge >= 0.3 is 0 Å². The fraction of sp³-hybridized carbons (Fsp3) is 0. The van der Waals surface area contributed by atoms with Gasteiger partial charge in [0.25, 0.3) is 0 Å². The fourth-order valence-electron chi connectivity index (χ4n) is 1.07. The van der Waals surface area contributed by atoms with Crippen LogP contribution in [0.1, 0.15) is 11.1 Å². The molecule has 0 aromatic heterocycles. The van der Waals surface area contributed by atoms with Crippen molar-refractivity contribution in [2.24, 2.45) is 0 Å². The highest BCUT2D eigenvalue weighted by molar-refractivity contribution is 6.56. The Bertz CT molecular complexity index is 266. The van der Waals surface area contributed by atoms with E-state index in [9.17, 15) is 0 Å². The minimum atomic E-state index is 0.863. The number of rotatable bonds is 0. The maximum absolute atomic E-state index is 2.27. The van der Waals surface area contributed by atoms with Gasteiger partial charge < -0.3 is 0 Å². The summed E-state index contributed by atoms with van der Waals surface area (Å²) in [5.41, 5.74) is 7.21. The van der Waals surface area contributed by atoms with Gasteiger partial charge in [0.2, 0.25) is 0 Å². The Morgan fingerprint density at radius 3 is 2.60 bits per heavy atom. The summed E-state index contributed by atoms with van der Waals surface area (Å²) >= 11 is 0. The van der Waals surface area contributed by atoms with Gasteiger partial charge in [-0.15, -0.1) is 0 Å². The smallest absolute Gasteiger partial charge is 0.0512 e. The predicted octanol–water partition coefficient (Wildman–Crippen LogP) is 1.53. The Morgan fingerprint density at radius 1 is 1.00 bits per heavy atom. The van der Waals surface area contributed by atoms with Crippen LogP contribution >= 0.6 is 0 Å². The van der Waals surface area contributed by atoms with Crippen molar-refractivity contribution >= 4 is 20.9 Å². The van der Waals surface area contributed by atoms with Crippen LogP contribution in [-0.2, 0) is 0 Å². The summed E-state index contributed by atoms with van der Waals surface area (Å²) in [4.78, 5) is 0. The Hall–Kier alpha value is -0.953. The van der Waals surface area contributed by atoms with Crippen molar-refractivity contribution in [3.63, 3.8) is 0 Å². The van der Waals surface area contributed by atoms with Gasteiger partial charge in [0, 0.05) is 0 Å². The van der Waals surface area contributed by atoms with Gasteiger partial charge in [-0.2, -0.15) is 0 Å². The lowest BCUT2D eigenvalue weighted by molar-refractivity contribution is 1.63. The van der Waals surface area contributed by atoms with E-state index in [4.69, 9.17) is 0 Å². The number of fused-ring (bicyclic) bond motifs is 1. The first kappa shape index (κ1) is 5.80. The number of benzene rings is 1. The predicted molar refractivity (Wildman–Crippen MR) is 46.4 cm³/mol. The van der Waals surface area contributed by atoms with E-state index in [1.165, 1.54) is 11.1 Å². The van der Waals surface area contributed by atoms with E-state index in [1.807, 2.05) is 0 Å². The lowest BCUT2D eigenvalue weighted by atomic mass is 10.1. The highest BCUT2D eigenvalue weighted by atomic mass is 28.2. The molecule has 0 spiro atoms. The molecule has 1 aliphatic rings. The molecule has 0 atom stereocenters. The summed E-state index contributed by atoms with van der Waals surface area (Å²) in [5, 5.41) is 0. The third-order valence-electron chi connectivity index (χ3n) is 1.59. The van der Waals surface area contributed by atoms with E-state index in [0.717, 1.165) is 9.13 Å². The first-order chi connectivity index (χ1) is 4.97. The largest absolute Gasteiger partial charge is 0.0766 e. The zero-order valence-electron chi connectivity index (χ0n) is 5.54. The molecule has 1 radical (unpaired) electrons. The highest BCUT2D eigenvalue weighted by Crippen LogP contribution is 2.09. The van der Waals surface area contributed by atoms with E-state index < -0.39 is 0 Å². The van der Waals surface area contributed by atoms with Gasteiger partial charge in [-0.3, -0.25) is 0 Å². The van der Waals surface area contributed by atoms with Gasteiger partial charge in [0.1, 0.15) is 0 Å². The zero-order chi connectivity index (χ0) is 6.81. The standard InChI is InChI=1S/C9H7Si/c1-2-4-9-7-10-6-5-8(9)3-1/h1-7H. The van der Waals surface area contributed by atoms with Gasteiger partial charge in [0.15, 0.2) is 0 Å². The van der Waals surface area contributed by atoms with Crippen LogP contribution in [0.2, 0.25) is 0 Å². The number of hydrogen-bond donors (Lipinski definition) is 0. The molecule has 10 heavy (non-hydrogen) atoms.